The Labute approximate surface area is 180 Å². The number of hydrogen-bond donors (Lipinski definition) is 2. The van der Waals surface area contributed by atoms with E-state index in [0.717, 1.165) is 55.0 Å². The summed E-state index contributed by atoms with van der Waals surface area (Å²) in [5.74, 6) is 0.740. The predicted octanol–water partition coefficient (Wildman–Crippen LogP) is 2.47. The van der Waals surface area contributed by atoms with Crippen molar-refractivity contribution in [1.82, 2.24) is 14.8 Å². The lowest BCUT2D eigenvalue weighted by Crippen LogP contribution is -2.53. The van der Waals surface area contributed by atoms with Gasteiger partial charge >= 0.3 is 0 Å². The van der Waals surface area contributed by atoms with Crippen LogP contribution in [0.1, 0.15) is 37.1 Å². The van der Waals surface area contributed by atoms with Crippen molar-refractivity contribution in [2.75, 3.05) is 26.7 Å². The second-order valence-corrected chi connectivity index (χ2v) is 8.48. The Balaban J connectivity index is 1.52. The first-order valence-electron chi connectivity index (χ1n) is 10.9. The van der Waals surface area contributed by atoms with Crippen LogP contribution in [0.3, 0.4) is 0 Å². The number of ether oxygens (including phenoxy) is 1. The minimum atomic E-state index is -0.381. The number of rotatable bonds is 9. The normalized spacial score (nSPS) is 20.1. The average Bonchev–Trinajstić information content (AvgIpc) is 2.73. The minimum Gasteiger partial charge on any atom is -0.491 e. The number of nitrogens with zero attached hydrogens (tertiary/aromatic N) is 3. The molecule has 6 nitrogen and oxygen atoms in total. The summed E-state index contributed by atoms with van der Waals surface area (Å²) < 4.78 is 5.77. The molecule has 30 heavy (non-hydrogen) atoms. The van der Waals surface area contributed by atoms with Crippen LogP contribution in [0.4, 0.5) is 0 Å². The molecule has 2 atom stereocenters. The van der Waals surface area contributed by atoms with Crippen LogP contribution in [-0.2, 0) is 19.6 Å². The molecular weight excluding hydrogens is 378 g/mol. The number of β-amino-alcohol motifs (C(OH)–C–C–N with tert-alkyl or cyclic N) is 1. The third-order valence-corrected chi connectivity index (χ3v) is 5.71. The Bertz CT molecular complexity index is 785. The molecule has 6 heteroatoms. The van der Waals surface area contributed by atoms with Gasteiger partial charge in [0.15, 0.2) is 0 Å². The molecule has 0 amide bonds. The van der Waals surface area contributed by atoms with Crippen LogP contribution in [0, 0.1) is 0 Å². The molecule has 1 saturated heterocycles. The summed E-state index contributed by atoms with van der Waals surface area (Å²) in [6, 6.07) is 12.2. The molecule has 1 aliphatic rings. The molecule has 0 saturated carbocycles. The third-order valence-electron chi connectivity index (χ3n) is 5.71. The molecule has 164 valence electrons. The van der Waals surface area contributed by atoms with Gasteiger partial charge in [0.25, 0.3) is 0 Å². The van der Waals surface area contributed by atoms with Crippen molar-refractivity contribution in [3.8, 4) is 5.75 Å². The van der Waals surface area contributed by atoms with E-state index in [9.17, 15) is 10.2 Å². The fourth-order valence-electron chi connectivity index (χ4n) is 4.13. The van der Waals surface area contributed by atoms with Crippen LogP contribution in [0.5, 0.6) is 5.75 Å². The van der Waals surface area contributed by atoms with Gasteiger partial charge in [0.1, 0.15) is 5.75 Å². The summed E-state index contributed by atoms with van der Waals surface area (Å²) >= 11 is 0. The summed E-state index contributed by atoms with van der Waals surface area (Å²) in [6.45, 7) is 7.15. The van der Waals surface area contributed by atoms with Crippen molar-refractivity contribution in [3.63, 3.8) is 0 Å². The lowest BCUT2D eigenvalue weighted by molar-refractivity contribution is -0.00621. The SMILES string of the molecule is CC(C)Oc1ccc(CN2CC[C@@H](N(C)CCc3ccccn3)[C@H](O)C2)cc1CO. The lowest BCUT2D eigenvalue weighted by Gasteiger charge is -2.40. The highest BCUT2D eigenvalue weighted by molar-refractivity contribution is 5.37. The van der Waals surface area contributed by atoms with E-state index >= 15 is 0 Å². The lowest BCUT2D eigenvalue weighted by atomic mass is 9.99. The predicted molar refractivity (Wildman–Crippen MR) is 118 cm³/mol. The van der Waals surface area contributed by atoms with Crippen molar-refractivity contribution in [2.24, 2.45) is 0 Å². The van der Waals surface area contributed by atoms with Crippen LogP contribution in [-0.4, -0.2) is 69.9 Å². The highest BCUT2D eigenvalue weighted by Gasteiger charge is 2.30. The van der Waals surface area contributed by atoms with E-state index in [0.29, 0.717) is 6.54 Å². The van der Waals surface area contributed by atoms with Gasteiger partial charge in [-0.2, -0.15) is 0 Å². The first-order valence-corrected chi connectivity index (χ1v) is 10.9. The number of aromatic nitrogens is 1. The maximum atomic E-state index is 10.8. The van der Waals surface area contributed by atoms with Gasteiger partial charge in [0.05, 0.1) is 18.8 Å². The van der Waals surface area contributed by atoms with Gasteiger partial charge in [0.2, 0.25) is 0 Å². The smallest absolute Gasteiger partial charge is 0.125 e. The number of piperidine rings is 1. The number of likely N-dealkylation sites (N-methyl/N-ethyl adjacent to an activating group) is 1. The second-order valence-electron chi connectivity index (χ2n) is 8.48. The largest absolute Gasteiger partial charge is 0.491 e. The summed E-state index contributed by atoms with van der Waals surface area (Å²) in [5.41, 5.74) is 3.02. The highest BCUT2D eigenvalue weighted by atomic mass is 16.5. The van der Waals surface area contributed by atoms with Crippen LogP contribution >= 0.6 is 0 Å². The molecule has 1 aromatic carbocycles. The molecule has 0 radical (unpaired) electrons. The average molecular weight is 414 g/mol. The quantitative estimate of drug-likeness (QED) is 0.658. The number of aliphatic hydroxyl groups is 2. The zero-order chi connectivity index (χ0) is 21.5. The highest BCUT2D eigenvalue weighted by Crippen LogP contribution is 2.24. The fourth-order valence-corrected chi connectivity index (χ4v) is 4.13. The van der Waals surface area contributed by atoms with Crippen molar-refractivity contribution < 1.29 is 14.9 Å². The van der Waals surface area contributed by atoms with E-state index in [1.54, 1.807) is 0 Å². The van der Waals surface area contributed by atoms with Crippen molar-refractivity contribution in [3.05, 3.63) is 59.4 Å². The van der Waals surface area contributed by atoms with E-state index in [1.807, 2.05) is 56.4 Å². The monoisotopic (exact) mass is 413 g/mol. The molecule has 0 aliphatic carbocycles. The van der Waals surface area contributed by atoms with Crippen LogP contribution in [0.15, 0.2) is 42.6 Å². The van der Waals surface area contributed by atoms with Crippen molar-refractivity contribution in [1.29, 1.82) is 0 Å². The van der Waals surface area contributed by atoms with E-state index in [-0.39, 0.29) is 24.9 Å². The summed E-state index contributed by atoms with van der Waals surface area (Å²) in [5, 5.41) is 20.5. The second kappa shape index (κ2) is 10.9. The molecule has 1 aliphatic heterocycles. The van der Waals surface area contributed by atoms with E-state index in [2.05, 4.69) is 21.8 Å². The van der Waals surface area contributed by atoms with E-state index < -0.39 is 0 Å². The Morgan fingerprint density at radius 3 is 2.77 bits per heavy atom. The molecule has 1 aromatic heterocycles. The summed E-state index contributed by atoms with van der Waals surface area (Å²) in [6.07, 6.45) is 3.34. The van der Waals surface area contributed by atoms with Crippen molar-refractivity contribution in [2.45, 2.75) is 58.1 Å². The molecule has 0 spiro atoms. The van der Waals surface area contributed by atoms with Crippen LogP contribution in [0.2, 0.25) is 0 Å². The number of aliphatic hydroxyl groups excluding tert-OH is 2. The molecule has 0 bridgehead atoms. The van der Waals surface area contributed by atoms with Crippen LogP contribution < -0.4 is 4.74 Å². The van der Waals surface area contributed by atoms with Crippen LogP contribution in [0.25, 0.3) is 0 Å². The van der Waals surface area contributed by atoms with E-state index in [1.165, 1.54) is 0 Å². The van der Waals surface area contributed by atoms with Gasteiger partial charge in [-0.05, 0) is 57.1 Å². The molecule has 2 N–H and O–H groups in total. The van der Waals surface area contributed by atoms with Gasteiger partial charge in [-0.1, -0.05) is 12.1 Å². The fraction of sp³-hybridized carbons (Fsp3) is 0.542. The first-order chi connectivity index (χ1) is 14.5. The maximum absolute atomic E-state index is 10.8. The third kappa shape index (κ3) is 6.25. The molecule has 2 aromatic rings. The molecular formula is C24H35N3O3. The van der Waals surface area contributed by atoms with Gasteiger partial charge in [-0.15, -0.1) is 0 Å². The Kier molecular flexibility index (Phi) is 8.22. The zero-order valence-corrected chi connectivity index (χ0v) is 18.4. The summed E-state index contributed by atoms with van der Waals surface area (Å²) in [4.78, 5) is 8.93. The Hall–Kier alpha value is -1.99. The Morgan fingerprint density at radius 1 is 1.27 bits per heavy atom. The zero-order valence-electron chi connectivity index (χ0n) is 18.4. The molecule has 1 fully saturated rings. The van der Waals surface area contributed by atoms with Gasteiger partial charge in [0, 0.05) is 56.1 Å². The van der Waals surface area contributed by atoms with Gasteiger partial charge in [-0.25, -0.2) is 0 Å². The molecule has 3 rings (SSSR count). The van der Waals surface area contributed by atoms with Crippen molar-refractivity contribution >= 4 is 0 Å². The molecule has 0 unspecified atom stereocenters. The first kappa shape index (κ1) is 22.7. The van der Waals surface area contributed by atoms with Gasteiger partial charge < -0.3 is 19.8 Å². The minimum absolute atomic E-state index is 0.0400. The van der Waals surface area contributed by atoms with E-state index in [4.69, 9.17) is 4.74 Å². The topological polar surface area (TPSA) is 69.1 Å². The number of likely N-dealkylation sites (tertiary alicyclic amines) is 1. The maximum Gasteiger partial charge on any atom is 0.125 e. The molecule has 2 heterocycles. The number of pyridine rings is 1. The number of benzene rings is 1. The summed E-state index contributed by atoms with van der Waals surface area (Å²) in [7, 11) is 2.09. The number of hydrogen-bond acceptors (Lipinski definition) is 6. The standard InChI is InChI=1S/C24H35N3O3/c1-18(2)30-24-8-7-19(14-20(24)17-28)15-27-13-10-22(23(29)16-27)26(3)12-9-21-6-4-5-11-25-21/h4-8,11,14,18,22-23,28-29H,9-10,12-13,15-17H2,1-3H3/t22-,23-/m1/s1. The van der Waals surface area contributed by atoms with Gasteiger partial charge in [-0.3, -0.25) is 9.88 Å². The Morgan fingerprint density at radius 2 is 2.10 bits per heavy atom.